The van der Waals surface area contributed by atoms with Gasteiger partial charge in [0.1, 0.15) is 10.7 Å². The van der Waals surface area contributed by atoms with Gasteiger partial charge in [0.2, 0.25) is 0 Å². The summed E-state index contributed by atoms with van der Waals surface area (Å²) in [4.78, 5) is 21.2. The molecule has 0 saturated heterocycles. The molecule has 0 radical (unpaired) electrons. The number of alkyl halides is 3. The summed E-state index contributed by atoms with van der Waals surface area (Å²) in [6, 6.07) is 14.1. The SMILES string of the molecule is Cc1ccc(NC(=O)c2csc(CSc3nnc(-c4ccncc4)n3-c3cccc(C(F)(F)F)c3)n2)cc1C. The lowest BCUT2D eigenvalue weighted by Gasteiger charge is -2.13. The minimum atomic E-state index is -4.50. The monoisotopic (exact) mass is 566 g/mol. The van der Waals surface area contributed by atoms with E-state index >= 15 is 0 Å². The first-order valence-corrected chi connectivity index (χ1v) is 13.5. The molecule has 2 aromatic carbocycles. The van der Waals surface area contributed by atoms with Gasteiger partial charge in [-0.2, -0.15) is 13.2 Å². The summed E-state index contributed by atoms with van der Waals surface area (Å²) < 4.78 is 41.9. The Morgan fingerprint density at radius 2 is 1.82 bits per heavy atom. The van der Waals surface area contributed by atoms with Crippen LogP contribution in [0.1, 0.15) is 32.2 Å². The number of hydrogen-bond acceptors (Lipinski definition) is 7. The Labute approximate surface area is 230 Å². The van der Waals surface area contributed by atoms with Gasteiger partial charge < -0.3 is 5.32 Å². The van der Waals surface area contributed by atoms with E-state index in [4.69, 9.17) is 0 Å². The quantitative estimate of drug-likeness (QED) is 0.214. The summed E-state index contributed by atoms with van der Waals surface area (Å²) in [5, 5.41) is 14.1. The number of thioether (sulfide) groups is 1. The molecule has 3 aromatic heterocycles. The normalized spacial score (nSPS) is 11.5. The number of benzene rings is 2. The zero-order valence-electron chi connectivity index (χ0n) is 20.7. The molecule has 0 aliphatic heterocycles. The molecule has 0 aliphatic rings. The molecule has 0 unspecified atom stereocenters. The molecule has 198 valence electrons. The number of nitrogens with zero attached hydrogens (tertiary/aromatic N) is 5. The van der Waals surface area contributed by atoms with Gasteiger partial charge >= 0.3 is 6.18 Å². The van der Waals surface area contributed by atoms with Crippen molar-refractivity contribution >= 4 is 34.7 Å². The Morgan fingerprint density at radius 3 is 2.56 bits per heavy atom. The van der Waals surface area contributed by atoms with Crippen LogP contribution in [-0.4, -0.2) is 30.6 Å². The molecule has 0 bridgehead atoms. The summed E-state index contributed by atoms with van der Waals surface area (Å²) in [5.74, 6) is 0.402. The number of amides is 1. The third-order valence-electron chi connectivity index (χ3n) is 5.88. The Bertz CT molecular complexity index is 1630. The molecular weight excluding hydrogens is 545 g/mol. The highest BCUT2D eigenvalue weighted by molar-refractivity contribution is 7.98. The molecule has 3 heterocycles. The van der Waals surface area contributed by atoms with Crippen LogP contribution >= 0.6 is 23.1 Å². The average Bonchev–Trinajstić information content (AvgIpc) is 3.57. The van der Waals surface area contributed by atoms with Crippen LogP contribution in [0.4, 0.5) is 18.9 Å². The largest absolute Gasteiger partial charge is 0.416 e. The first kappa shape index (κ1) is 26.6. The van der Waals surface area contributed by atoms with Crippen LogP contribution in [0.2, 0.25) is 0 Å². The highest BCUT2D eigenvalue weighted by Crippen LogP contribution is 2.34. The molecule has 1 N–H and O–H groups in total. The highest BCUT2D eigenvalue weighted by atomic mass is 32.2. The van der Waals surface area contributed by atoms with E-state index in [-0.39, 0.29) is 17.3 Å². The van der Waals surface area contributed by atoms with E-state index < -0.39 is 11.7 Å². The van der Waals surface area contributed by atoms with Crippen LogP contribution in [0, 0.1) is 13.8 Å². The van der Waals surface area contributed by atoms with Crippen LogP contribution in [0.25, 0.3) is 17.1 Å². The van der Waals surface area contributed by atoms with Crippen molar-refractivity contribution in [3.63, 3.8) is 0 Å². The average molecular weight is 567 g/mol. The van der Waals surface area contributed by atoms with Crippen molar-refractivity contribution in [2.75, 3.05) is 5.32 Å². The number of halogens is 3. The Balaban J connectivity index is 1.39. The molecule has 7 nitrogen and oxygen atoms in total. The van der Waals surface area contributed by atoms with Gasteiger partial charge in [0.15, 0.2) is 11.0 Å². The Hall–Kier alpha value is -4.03. The summed E-state index contributed by atoms with van der Waals surface area (Å²) >= 11 is 2.58. The molecule has 0 saturated carbocycles. The fraction of sp³-hybridized carbons (Fsp3) is 0.148. The lowest BCUT2D eigenvalue weighted by atomic mass is 10.1. The van der Waals surface area contributed by atoms with Gasteiger partial charge in [0.05, 0.1) is 17.0 Å². The van der Waals surface area contributed by atoms with Crippen molar-refractivity contribution in [2.45, 2.75) is 30.9 Å². The standard InChI is InChI=1S/C27H21F3N6OS2/c1-16-6-7-20(12-17(16)2)32-25(37)22-14-38-23(33-22)15-39-26-35-34-24(18-8-10-31-11-9-18)36(26)21-5-3-4-19(13-21)27(28,29)30/h3-14H,15H2,1-2H3,(H,32,37). The van der Waals surface area contributed by atoms with E-state index in [2.05, 4.69) is 25.5 Å². The lowest BCUT2D eigenvalue weighted by molar-refractivity contribution is -0.137. The zero-order valence-corrected chi connectivity index (χ0v) is 22.4. The van der Waals surface area contributed by atoms with E-state index in [0.29, 0.717) is 33.0 Å². The van der Waals surface area contributed by atoms with E-state index in [1.807, 2.05) is 32.0 Å². The number of aromatic nitrogens is 5. The van der Waals surface area contributed by atoms with Crippen molar-refractivity contribution in [1.29, 1.82) is 0 Å². The zero-order chi connectivity index (χ0) is 27.6. The number of aryl methyl sites for hydroxylation is 2. The smallest absolute Gasteiger partial charge is 0.321 e. The van der Waals surface area contributed by atoms with Crippen LogP contribution in [-0.2, 0) is 11.9 Å². The predicted molar refractivity (Wildman–Crippen MR) is 145 cm³/mol. The van der Waals surface area contributed by atoms with Gasteiger partial charge in [-0.25, -0.2) is 4.98 Å². The molecule has 1 amide bonds. The second kappa shape index (κ2) is 11.0. The fourth-order valence-electron chi connectivity index (χ4n) is 3.73. The first-order valence-electron chi connectivity index (χ1n) is 11.7. The number of carbonyl (C=O) groups is 1. The van der Waals surface area contributed by atoms with E-state index in [1.54, 1.807) is 40.5 Å². The molecule has 0 atom stereocenters. The third-order valence-corrected chi connectivity index (χ3v) is 7.85. The van der Waals surface area contributed by atoms with Gasteiger partial charge in [0.25, 0.3) is 5.91 Å². The fourth-order valence-corrected chi connectivity index (χ4v) is 5.47. The van der Waals surface area contributed by atoms with Gasteiger partial charge in [-0.15, -0.1) is 21.5 Å². The maximum atomic E-state index is 13.5. The second-order valence-corrected chi connectivity index (χ2v) is 10.5. The van der Waals surface area contributed by atoms with Crippen molar-refractivity contribution in [3.8, 4) is 17.1 Å². The Morgan fingerprint density at radius 1 is 1.03 bits per heavy atom. The van der Waals surface area contributed by atoms with Crippen LogP contribution < -0.4 is 5.32 Å². The summed E-state index contributed by atoms with van der Waals surface area (Å²) in [6.07, 6.45) is -1.34. The number of rotatable bonds is 7. The number of thiazole rings is 1. The van der Waals surface area contributed by atoms with Crippen LogP contribution in [0.5, 0.6) is 0 Å². The van der Waals surface area contributed by atoms with Gasteiger partial charge in [-0.05, 0) is 67.4 Å². The summed E-state index contributed by atoms with van der Waals surface area (Å²) in [5.41, 5.74) is 3.32. The second-order valence-electron chi connectivity index (χ2n) is 8.59. The lowest BCUT2D eigenvalue weighted by Crippen LogP contribution is -2.12. The Kier molecular flexibility index (Phi) is 7.49. The van der Waals surface area contributed by atoms with Gasteiger partial charge in [-0.3, -0.25) is 14.3 Å². The highest BCUT2D eigenvalue weighted by Gasteiger charge is 2.31. The van der Waals surface area contributed by atoms with E-state index in [0.717, 1.165) is 23.3 Å². The maximum Gasteiger partial charge on any atom is 0.416 e. The number of carbonyl (C=O) groups excluding carboxylic acids is 1. The first-order chi connectivity index (χ1) is 18.7. The number of anilines is 1. The molecule has 39 heavy (non-hydrogen) atoms. The van der Waals surface area contributed by atoms with Crippen molar-refractivity contribution in [1.82, 2.24) is 24.7 Å². The maximum absolute atomic E-state index is 13.5. The molecule has 0 aliphatic carbocycles. The molecule has 0 fully saturated rings. The van der Waals surface area contributed by atoms with Crippen LogP contribution in [0.15, 0.2) is 77.5 Å². The third kappa shape index (κ3) is 6.02. The van der Waals surface area contributed by atoms with Crippen molar-refractivity contribution in [2.24, 2.45) is 0 Å². The molecule has 12 heteroatoms. The molecule has 5 aromatic rings. The minimum Gasteiger partial charge on any atom is -0.321 e. The van der Waals surface area contributed by atoms with Crippen LogP contribution in [0.3, 0.4) is 0 Å². The van der Waals surface area contributed by atoms with Crippen molar-refractivity contribution < 1.29 is 18.0 Å². The predicted octanol–water partition coefficient (Wildman–Crippen LogP) is 6.97. The van der Waals surface area contributed by atoms with Gasteiger partial charge in [0, 0.05) is 29.0 Å². The minimum absolute atomic E-state index is 0.275. The topological polar surface area (TPSA) is 85.6 Å². The molecular formula is C27H21F3N6OS2. The van der Waals surface area contributed by atoms with E-state index in [1.165, 1.54) is 29.2 Å². The van der Waals surface area contributed by atoms with Crippen molar-refractivity contribution in [3.05, 3.63) is 99.8 Å². The number of pyridine rings is 1. The van der Waals surface area contributed by atoms with E-state index in [9.17, 15) is 18.0 Å². The summed E-state index contributed by atoms with van der Waals surface area (Å²) in [6.45, 7) is 3.97. The number of hydrogen-bond donors (Lipinski definition) is 1. The number of nitrogens with one attached hydrogen (secondary N) is 1. The molecule has 0 spiro atoms. The summed E-state index contributed by atoms with van der Waals surface area (Å²) in [7, 11) is 0. The molecule has 5 rings (SSSR count). The van der Waals surface area contributed by atoms with Gasteiger partial charge in [-0.1, -0.05) is 23.9 Å².